The van der Waals surface area contributed by atoms with Gasteiger partial charge in [0.2, 0.25) is 0 Å². The van der Waals surface area contributed by atoms with Crippen LogP contribution >= 0.6 is 0 Å². The summed E-state index contributed by atoms with van der Waals surface area (Å²) in [4.78, 5) is 21.9. The third kappa shape index (κ3) is 7.21. The number of allylic oxidation sites excluding steroid dienone is 1. The van der Waals surface area contributed by atoms with Crippen molar-refractivity contribution in [2.24, 2.45) is 0 Å². The largest absolute Gasteiger partial charge is 0.386 e. The van der Waals surface area contributed by atoms with Crippen LogP contribution in [0.4, 0.5) is 0 Å². The maximum Gasteiger partial charge on any atom is 0.369 e. The monoisotopic (exact) mass is 186 g/mol. The van der Waals surface area contributed by atoms with Gasteiger partial charge >= 0.3 is 11.9 Å². The number of esters is 2. The van der Waals surface area contributed by atoms with Gasteiger partial charge in [0.1, 0.15) is 0 Å². The predicted octanol–water partition coefficient (Wildman–Crippen LogP) is 0.338. The molecule has 0 bridgehead atoms. The number of carbonyl (C=O) groups excluding carboxylic acids is 2. The van der Waals surface area contributed by atoms with Gasteiger partial charge in [-0.1, -0.05) is 6.08 Å². The molecule has 0 aromatic carbocycles. The maximum atomic E-state index is 11.1. The van der Waals surface area contributed by atoms with E-state index in [1.807, 2.05) is 21.1 Å². The van der Waals surface area contributed by atoms with Gasteiger partial charge in [-0.3, -0.25) is 0 Å². The highest BCUT2D eigenvalue weighted by Gasteiger charge is 2.17. The quantitative estimate of drug-likeness (QED) is 0.276. The fraction of sp³-hybridized carbons (Fsp3) is 0.556. The van der Waals surface area contributed by atoms with Gasteiger partial charge in [0.15, 0.2) is 6.54 Å². The van der Waals surface area contributed by atoms with Crippen LogP contribution in [0.1, 0.15) is 6.92 Å². The molecule has 0 heterocycles. The first-order chi connectivity index (χ1) is 5.85. The SMILES string of the molecule is CC=CC(=O)OC(=O)C[N+](C)(C)C. The Hall–Kier alpha value is -1.16. The molecular weight excluding hydrogens is 170 g/mol. The molecule has 0 fully saturated rings. The van der Waals surface area contributed by atoms with E-state index in [1.165, 1.54) is 12.2 Å². The van der Waals surface area contributed by atoms with Gasteiger partial charge in [-0.05, 0) is 6.92 Å². The zero-order valence-corrected chi connectivity index (χ0v) is 8.53. The lowest BCUT2D eigenvalue weighted by atomic mass is 10.5. The zero-order valence-electron chi connectivity index (χ0n) is 8.53. The maximum absolute atomic E-state index is 11.1. The van der Waals surface area contributed by atoms with Crippen molar-refractivity contribution in [1.29, 1.82) is 0 Å². The highest BCUT2D eigenvalue weighted by atomic mass is 16.6. The van der Waals surface area contributed by atoms with Crippen molar-refractivity contribution in [3.8, 4) is 0 Å². The van der Waals surface area contributed by atoms with Crippen molar-refractivity contribution in [1.82, 2.24) is 0 Å². The van der Waals surface area contributed by atoms with Crippen molar-refractivity contribution < 1.29 is 18.8 Å². The van der Waals surface area contributed by atoms with Crippen LogP contribution in [0.5, 0.6) is 0 Å². The Labute approximate surface area is 78.4 Å². The van der Waals surface area contributed by atoms with Crippen LogP contribution in [0.3, 0.4) is 0 Å². The van der Waals surface area contributed by atoms with Gasteiger partial charge in [-0.25, -0.2) is 9.59 Å². The smallest absolute Gasteiger partial charge is 0.369 e. The lowest BCUT2D eigenvalue weighted by molar-refractivity contribution is -0.862. The lowest BCUT2D eigenvalue weighted by Crippen LogP contribution is -2.40. The highest BCUT2D eigenvalue weighted by molar-refractivity contribution is 5.92. The molecule has 0 rings (SSSR count). The van der Waals surface area contributed by atoms with Crippen molar-refractivity contribution in [2.45, 2.75) is 6.92 Å². The van der Waals surface area contributed by atoms with E-state index in [-0.39, 0.29) is 6.54 Å². The van der Waals surface area contributed by atoms with E-state index in [1.54, 1.807) is 6.92 Å². The van der Waals surface area contributed by atoms with Crippen LogP contribution in [-0.4, -0.2) is 44.1 Å². The summed E-state index contributed by atoms with van der Waals surface area (Å²) in [5.74, 6) is -1.11. The first kappa shape index (κ1) is 11.8. The summed E-state index contributed by atoms with van der Waals surface area (Å²) in [7, 11) is 5.55. The second-order valence-corrected chi connectivity index (χ2v) is 3.74. The molecule has 0 aliphatic carbocycles. The second-order valence-electron chi connectivity index (χ2n) is 3.74. The Morgan fingerprint density at radius 2 is 1.85 bits per heavy atom. The Kier molecular flexibility index (Phi) is 4.34. The Balaban J connectivity index is 3.96. The van der Waals surface area contributed by atoms with E-state index in [2.05, 4.69) is 4.74 Å². The topological polar surface area (TPSA) is 43.4 Å². The molecule has 0 spiro atoms. The number of hydrogen-bond donors (Lipinski definition) is 0. The molecule has 0 saturated heterocycles. The average Bonchev–Trinajstić information content (AvgIpc) is 1.81. The summed E-state index contributed by atoms with van der Waals surface area (Å²) in [6, 6.07) is 0. The summed E-state index contributed by atoms with van der Waals surface area (Å²) in [6.07, 6.45) is 2.75. The fourth-order valence-corrected chi connectivity index (χ4v) is 0.702. The molecule has 0 aromatic rings. The van der Waals surface area contributed by atoms with E-state index in [4.69, 9.17) is 0 Å². The second kappa shape index (κ2) is 4.77. The number of carbonyl (C=O) groups is 2. The van der Waals surface area contributed by atoms with Crippen molar-refractivity contribution in [3.05, 3.63) is 12.2 Å². The molecule has 0 aromatic heterocycles. The van der Waals surface area contributed by atoms with Gasteiger partial charge in [0.25, 0.3) is 0 Å². The number of likely N-dealkylation sites (N-methyl/N-ethyl adjacent to an activating group) is 1. The third-order valence-electron chi connectivity index (χ3n) is 1.12. The van der Waals surface area contributed by atoms with E-state index < -0.39 is 11.9 Å². The molecule has 13 heavy (non-hydrogen) atoms. The normalized spacial score (nSPS) is 11.7. The van der Waals surface area contributed by atoms with Crippen LogP contribution < -0.4 is 0 Å². The van der Waals surface area contributed by atoms with Gasteiger partial charge in [-0.15, -0.1) is 0 Å². The minimum absolute atomic E-state index is 0.184. The predicted molar refractivity (Wildman–Crippen MR) is 48.8 cm³/mol. The number of nitrogens with zero attached hydrogens (tertiary/aromatic N) is 1. The van der Waals surface area contributed by atoms with Crippen LogP contribution in [0.15, 0.2) is 12.2 Å². The Morgan fingerprint density at radius 3 is 2.23 bits per heavy atom. The molecule has 0 unspecified atom stereocenters. The lowest BCUT2D eigenvalue weighted by Gasteiger charge is -2.21. The summed E-state index contributed by atoms with van der Waals surface area (Å²) >= 11 is 0. The van der Waals surface area contributed by atoms with Crippen LogP contribution in [0, 0.1) is 0 Å². The molecule has 0 saturated carbocycles. The molecule has 0 radical (unpaired) electrons. The van der Waals surface area contributed by atoms with Crippen molar-refractivity contribution in [2.75, 3.05) is 27.7 Å². The molecule has 74 valence electrons. The van der Waals surface area contributed by atoms with Gasteiger partial charge in [0, 0.05) is 6.08 Å². The van der Waals surface area contributed by atoms with E-state index >= 15 is 0 Å². The summed E-state index contributed by atoms with van der Waals surface area (Å²) in [5.41, 5.74) is 0. The van der Waals surface area contributed by atoms with Crippen molar-refractivity contribution >= 4 is 11.9 Å². The molecular formula is C9H16NO3+. The van der Waals surface area contributed by atoms with E-state index in [0.717, 1.165) is 0 Å². The number of rotatable bonds is 3. The first-order valence-corrected chi connectivity index (χ1v) is 4.03. The molecule has 0 atom stereocenters. The Bertz CT molecular complexity index is 226. The molecule has 0 aliphatic rings. The summed E-state index contributed by atoms with van der Waals surface area (Å²) in [5, 5.41) is 0. The Morgan fingerprint density at radius 1 is 1.31 bits per heavy atom. The van der Waals surface area contributed by atoms with Crippen LogP contribution in [-0.2, 0) is 14.3 Å². The zero-order chi connectivity index (χ0) is 10.5. The standard InChI is InChI=1S/C9H16NO3/c1-5-6-8(11)13-9(12)7-10(2,3)4/h5-6H,7H2,1-4H3/q+1. The number of hydrogen-bond acceptors (Lipinski definition) is 3. The number of quaternary nitrogens is 1. The average molecular weight is 186 g/mol. The van der Waals surface area contributed by atoms with Crippen LogP contribution in [0.25, 0.3) is 0 Å². The van der Waals surface area contributed by atoms with Gasteiger partial charge < -0.3 is 9.22 Å². The fourth-order valence-electron chi connectivity index (χ4n) is 0.702. The minimum atomic E-state index is -0.610. The van der Waals surface area contributed by atoms with E-state index in [9.17, 15) is 9.59 Å². The molecule has 4 heteroatoms. The summed E-state index contributed by atoms with van der Waals surface area (Å²) in [6.45, 7) is 1.87. The summed E-state index contributed by atoms with van der Waals surface area (Å²) < 4.78 is 4.93. The molecule has 0 amide bonds. The molecule has 4 nitrogen and oxygen atoms in total. The van der Waals surface area contributed by atoms with E-state index in [0.29, 0.717) is 4.48 Å². The van der Waals surface area contributed by atoms with Gasteiger partial charge in [0.05, 0.1) is 21.1 Å². The van der Waals surface area contributed by atoms with Gasteiger partial charge in [-0.2, -0.15) is 0 Å². The molecule has 0 aliphatic heterocycles. The first-order valence-electron chi connectivity index (χ1n) is 4.03. The van der Waals surface area contributed by atoms with Crippen molar-refractivity contribution in [3.63, 3.8) is 0 Å². The highest BCUT2D eigenvalue weighted by Crippen LogP contribution is 1.92. The minimum Gasteiger partial charge on any atom is -0.386 e. The number of ether oxygens (including phenoxy) is 1. The van der Waals surface area contributed by atoms with Crippen LogP contribution in [0.2, 0.25) is 0 Å². The third-order valence-corrected chi connectivity index (χ3v) is 1.12. The molecule has 0 N–H and O–H groups in total.